The largest absolute Gasteiger partial charge is 0.382 e. The molecule has 2 aromatic rings. The first-order valence-corrected chi connectivity index (χ1v) is 6.14. The lowest BCUT2D eigenvalue weighted by molar-refractivity contribution is 0.0269. The first kappa shape index (κ1) is 9.86. The molecule has 0 amide bonds. The van der Waals surface area contributed by atoms with Crippen LogP contribution in [0.2, 0.25) is 0 Å². The number of hydrogen-bond acceptors (Lipinski definition) is 6. The van der Waals surface area contributed by atoms with Crippen molar-refractivity contribution in [3.63, 3.8) is 0 Å². The topological polar surface area (TPSA) is 78.9 Å². The summed E-state index contributed by atoms with van der Waals surface area (Å²) in [5, 5.41) is 0. The third kappa shape index (κ3) is 1.52. The van der Waals surface area contributed by atoms with Crippen molar-refractivity contribution in [2.24, 2.45) is 0 Å². The fraction of sp³-hybridized carbons (Fsp3) is 0.444. The molecule has 1 atom stereocenters. The summed E-state index contributed by atoms with van der Waals surface area (Å²) < 4.78 is 7.59. The van der Waals surface area contributed by atoms with Crippen LogP contribution >= 0.6 is 11.8 Å². The number of nitrogen functional groups attached to an aromatic ring is 1. The number of aromatic nitrogens is 4. The quantitative estimate of drug-likeness (QED) is 0.785. The zero-order valence-corrected chi connectivity index (χ0v) is 9.35. The highest BCUT2D eigenvalue weighted by Crippen LogP contribution is 2.25. The van der Waals surface area contributed by atoms with Gasteiger partial charge in [-0.15, -0.1) is 0 Å². The van der Waals surface area contributed by atoms with Crippen molar-refractivity contribution in [1.29, 1.82) is 0 Å². The van der Waals surface area contributed by atoms with Crippen molar-refractivity contribution in [3.05, 3.63) is 12.7 Å². The molecule has 84 valence electrons. The minimum absolute atomic E-state index is 0.00181. The second kappa shape index (κ2) is 3.91. The Balaban J connectivity index is 2.06. The Hall–Kier alpha value is -1.34. The first-order chi connectivity index (χ1) is 7.86. The van der Waals surface area contributed by atoms with E-state index in [0.717, 1.165) is 23.8 Å². The molecule has 1 unspecified atom stereocenters. The van der Waals surface area contributed by atoms with Crippen LogP contribution in [0.1, 0.15) is 6.23 Å². The monoisotopic (exact) mass is 237 g/mol. The molecule has 0 radical (unpaired) electrons. The smallest absolute Gasteiger partial charge is 0.167 e. The Morgan fingerprint density at radius 3 is 3.19 bits per heavy atom. The fourth-order valence-electron chi connectivity index (χ4n) is 1.72. The van der Waals surface area contributed by atoms with Gasteiger partial charge in [-0.25, -0.2) is 15.0 Å². The van der Waals surface area contributed by atoms with Crippen LogP contribution in [0.5, 0.6) is 0 Å². The zero-order valence-electron chi connectivity index (χ0n) is 8.54. The molecular formula is C9H11N5OS. The molecule has 3 heterocycles. The Morgan fingerprint density at radius 1 is 1.44 bits per heavy atom. The van der Waals surface area contributed by atoms with Crippen LogP contribution in [0.4, 0.5) is 5.82 Å². The fourth-order valence-corrected chi connectivity index (χ4v) is 2.56. The summed E-state index contributed by atoms with van der Waals surface area (Å²) in [7, 11) is 0. The maximum Gasteiger partial charge on any atom is 0.167 e. The Labute approximate surface area is 96.2 Å². The van der Waals surface area contributed by atoms with Gasteiger partial charge in [-0.05, 0) is 0 Å². The second-order valence-corrected chi connectivity index (χ2v) is 4.63. The van der Waals surface area contributed by atoms with E-state index >= 15 is 0 Å². The van der Waals surface area contributed by atoms with E-state index in [0.29, 0.717) is 11.3 Å². The average Bonchev–Trinajstić information content (AvgIpc) is 2.75. The van der Waals surface area contributed by atoms with Gasteiger partial charge in [0.2, 0.25) is 0 Å². The molecule has 0 aliphatic carbocycles. The van der Waals surface area contributed by atoms with Gasteiger partial charge in [0.15, 0.2) is 11.5 Å². The van der Waals surface area contributed by atoms with Gasteiger partial charge >= 0.3 is 0 Å². The van der Waals surface area contributed by atoms with Gasteiger partial charge in [-0.3, -0.25) is 4.57 Å². The van der Waals surface area contributed by atoms with Gasteiger partial charge in [-0.1, -0.05) is 0 Å². The predicted octanol–water partition coefficient (Wildman–Crippen LogP) is 0.670. The van der Waals surface area contributed by atoms with Crippen molar-refractivity contribution in [2.75, 3.05) is 23.8 Å². The van der Waals surface area contributed by atoms with Crippen LogP contribution in [0.15, 0.2) is 12.7 Å². The molecule has 2 N–H and O–H groups in total. The van der Waals surface area contributed by atoms with Gasteiger partial charge in [0, 0.05) is 11.5 Å². The van der Waals surface area contributed by atoms with E-state index < -0.39 is 0 Å². The maximum atomic E-state index is 5.73. The van der Waals surface area contributed by atoms with Crippen LogP contribution < -0.4 is 5.73 Å². The highest BCUT2D eigenvalue weighted by molar-refractivity contribution is 7.99. The molecule has 1 aliphatic rings. The predicted molar refractivity (Wildman–Crippen MR) is 62.0 cm³/mol. The van der Waals surface area contributed by atoms with E-state index in [1.54, 1.807) is 6.33 Å². The summed E-state index contributed by atoms with van der Waals surface area (Å²) in [6.45, 7) is 0.759. The summed E-state index contributed by atoms with van der Waals surface area (Å²) in [4.78, 5) is 12.3. The lowest BCUT2D eigenvalue weighted by atomic mass is 10.5. The lowest BCUT2D eigenvalue weighted by Crippen LogP contribution is -2.21. The molecule has 2 aromatic heterocycles. The molecule has 16 heavy (non-hydrogen) atoms. The van der Waals surface area contributed by atoms with E-state index in [4.69, 9.17) is 10.5 Å². The minimum atomic E-state index is -0.00181. The van der Waals surface area contributed by atoms with E-state index in [1.807, 2.05) is 16.3 Å². The summed E-state index contributed by atoms with van der Waals surface area (Å²) >= 11 is 1.87. The normalized spacial score (nSPS) is 21.4. The number of nitrogens with two attached hydrogens (primary N) is 1. The molecule has 6 nitrogen and oxygen atoms in total. The maximum absolute atomic E-state index is 5.73. The third-order valence-corrected chi connectivity index (χ3v) is 3.47. The van der Waals surface area contributed by atoms with E-state index in [-0.39, 0.29) is 6.23 Å². The highest BCUT2D eigenvalue weighted by atomic mass is 32.2. The number of rotatable bonds is 1. The van der Waals surface area contributed by atoms with Crippen molar-refractivity contribution in [2.45, 2.75) is 6.23 Å². The van der Waals surface area contributed by atoms with Gasteiger partial charge in [0.25, 0.3) is 0 Å². The van der Waals surface area contributed by atoms with Crippen LogP contribution in [-0.4, -0.2) is 37.6 Å². The summed E-state index contributed by atoms with van der Waals surface area (Å²) in [6, 6.07) is 0. The molecule has 1 aliphatic heterocycles. The first-order valence-electron chi connectivity index (χ1n) is 4.98. The molecule has 0 aromatic carbocycles. The molecule has 0 spiro atoms. The van der Waals surface area contributed by atoms with Crippen LogP contribution in [0.25, 0.3) is 11.2 Å². The summed E-state index contributed by atoms with van der Waals surface area (Å²) in [6.07, 6.45) is 3.16. The lowest BCUT2D eigenvalue weighted by Gasteiger charge is -2.23. The Morgan fingerprint density at radius 2 is 2.38 bits per heavy atom. The van der Waals surface area contributed by atoms with E-state index in [1.165, 1.54) is 6.33 Å². The second-order valence-electron chi connectivity index (χ2n) is 3.48. The van der Waals surface area contributed by atoms with Crippen molar-refractivity contribution < 1.29 is 4.74 Å². The summed E-state index contributed by atoms with van der Waals surface area (Å²) in [5.41, 5.74) is 7.10. The van der Waals surface area contributed by atoms with Crippen molar-refractivity contribution >= 4 is 28.7 Å². The zero-order chi connectivity index (χ0) is 11.0. The van der Waals surface area contributed by atoms with Gasteiger partial charge in [0.1, 0.15) is 18.1 Å². The van der Waals surface area contributed by atoms with Crippen molar-refractivity contribution in [3.8, 4) is 0 Å². The van der Waals surface area contributed by atoms with Gasteiger partial charge in [-0.2, -0.15) is 11.8 Å². The number of ether oxygens (including phenoxy) is 1. The molecule has 0 bridgehead atoms. The van der Waals surface area contributed by atoms with Crippen molar-refractivity contribution in [1.82, 2.24) is 19.5 Å². The molecule has 3 rings (SSSR count). The molecule has 7 heteroatoms. The van der Waals surface area contributed by atoms with Crippen LogP contribution in [0.3, 0.4) is 0 Å². The van der Waals surface area contributed by atoms with Crippen LogP contribution in [0, 0.1) is 0 Å². The van der Waals surface area contributed by atoms with E-state index in [2.05, 4.69) is 15.0 Å². The number of anilines is 1. The SMILES string of the molecule is Nc1ncnc2c1ncn2C1CSCCO1. The highest BCUT2D eigenvalue weighted by Gasteiger charge is 2.19. The average molecular weight is 237 g/mol. The summed E-state index contributed by atoms with van der Waals surface area (Å²) in [5.74, 6) is 2.36. The van der Waals surface area contributed by atoms with Gasteiger partial charge < -0.3 is 10.5 Å². The molecule has 1 saturated heterocycles. The molecule has 0 saturated carbocycles. The third-order valence-electron chi connectivity index (χ3n) is 2.50. The standard InChI is InChI=1S/C9H11N5OS/c10-8-7-9(12-4-11-8)14(5-13-7)6-3-16-2-1-15-6/h4-6H,1-3H2,(H2,10,11,12). The Kier molecular flexibility index (Phi) is 2.41. The number of nitrogens with zero attached hydrogens (tertiary/aromatic N) is 4. The number of imidazole rings is 1. The van der Waals surface area contributed by atoms with E-state index in [9.17, 15) is 0 Å². The molecular weight excluding hydrogens is 226 g/mol. The van der Waals surface area contributed by atoms with Gasteiger partial charge in [0.05, 0.1) is 12.9 Å². The van der Waals surface area contributed by atoms with Crippen LogP contribution in [-0.2, 0) is 4.74 Å². The number of hydrogen-bond donors (Lipinski definition) is 1. The number of fused-ring (bicyclic) bond motifs is 1. The minimum Gasteiger partial charge on any atom is -0.382 e. The Bertz CT molecular complexity index is 508. The molecule has 1 fully saturated rings. The number of thioether (sulfide) groups is 1.